The summed E-state index contributed by atoms with van der Waals surface area (Å²) in [5.41, 5.74) is 0. The van der Waals surface area contributed by atoms with Crippen molar-refractivity contribution in [1.82, 2.24) is 5.32 Å². The van der Waals surface area contributed by atoms with Gasteiger partial charge in [0.25, 0.3) is 0 Å². The van der Waals surface area contributed by atoms with E-state index in [0.29, 0.717) is 0 Å². The van der Waals surface area contributed by atoms with E-state index in [9.17, 15) is 0 Å². The second-order valence-electron chi connectivity index (χ2n) is 7.74. The van der Waals surface area contributed by atoms with Crippen LogP contribution in [0.1, 0.15) is 78.6 Å². The van der Waals surface area contributed by atoms with Crippen LogP contribution in [0.15, 0.2) is 0 Å². The third-order valence-electron chi connectivity index (χ3n) is 5.79. The minimum atomic E-state index is 0.822. The normalized spacial score (nSPS) is 37.3. The molecule has 2 atom stereocenters. The molecule has 0 amide bonds. The molecule has 0 radical (unpaired) electrons. The second-order valence-corrected chi connectivity index (χ2v) is 7.74. The molecule has 2 aliphatic rings. The van der Waals surface area contributed by atoms with Gasteiger partial charge in [0.15, 0.2) is 0 Å². The Bertz CT molecular complexity index is 240. The van der Waals surface area contributed by atoms with E-state index in [0.717, 1.165) is 29.7 Å². The fourth-order valence-electron chi connectivity index (χ4n) is 4.07. The molecule has 1 nitrogen and oxygen atoms in total. The van der Waals surface area contributed by atoms with Gasteiger partial charge in [-0.25, -0.2) is 0 Å². The van der Waals surface area contributed by atoms with Crippen LogP contribution in [0.2, 0.25) is 0 Å². The summed E-state index contributed by atoms with van der Waals surface area (Å²) < 4.78 is 0. The van der Waals surface area contributed by atoms with E-state index in [4.69, 9.17) is 0 Å². The highest BCUT2D eigenvalue weighted by Crippen LogP contribution is 2.30. The summed E-state index contributed by atoms with van der Waals surface area (Å²) in [5.74, 6) is 3.84. The van der Waals surface area contributed by atoms with Gasteiger partial charge in [0, 0.05) is 6.04 Å². The molecule has 0 aromatic carbocycles. The van der Waals surface area contributed by atoms with Gasteiger partial charge in [0.05, 0.1) is 0 Å². The van der Waals surface area contributed by atoms with Crippen LogP contribution >= 0.6 is 0 Å². The van der Waals surface area contributed by atoms with Crippen molar-refractivity contribution >= 4 is 0 Å². The van der Waals surface area contributed by atoms with Crippen molar-refractivity contribution in [2.45, 2.75) is 84.6 Å². The number of hydrogen-bond donors (Lipinski definition) is 1. The fraction of sp³-hybridized carbons (Fsp3) is 1.00. The van der Waals surface area contributed by atoms with Crippen molar-refractivity contribution in [1.29, 1.82) is 0 Å². The third kappa shape index (κ3) is 5.10. The van der Waals surface area contributed by atoms with Crippen LogP contribution in [-0.4, -0.2) is 12.6 Å². The van der Waals surface area contributed by atoms with Gasteiger partial charge in [-0.1, -0.05) is 46.5 Å². The molecule has 0 heterocycles. The van der Waals surface area contributed by atoms with Crippen LogP contribution in [0.25, 0.3) is 0 Å². The number of nitrogens with one attached hydrogen (secondary N) is 1. The van der Waals surface area contributed by atoms with Crippen LogP contribution in [0.3, 0.4) is 0 Å². The van der Waals surface area contributed by atoms with Crippen molar-refractivity contribution in [3.05, 3.63) is 0 Å². The Morgan fingerprint density at radius 1 is 0.895 bits per heavy atom. The van der Waals surface area contributed by atoms with E-state index in [1.54, 1.807) is 0 Å². The lowest BCUT2D eigenvalue weighted by Crippen LogP contribution is -2.34. The second kappa shape index (κ2) is 7.67. The van der Waals surface area contributed by atoms with Gasteiger partial charge in [-0.05, 0) is 62.3 Å². The first kappa shape index (κ1) is 15.4. The average Bonchev–Trinajstić information content (AvgIpc) is 2.63. The molecule has 2 aliphatic carbocycles. The molecular formula is C18H35N. The Balaban J connectivity index is 1.66. The summed E-state index contributed by atoms with van der Waals surface area (Å²) in [6.07, 6.45) is 13.1. The Hall–Kier alpha value is -0.0400. The van der Waals surface area contributed by atoms with Crippen molar-refractivity contribution in [3.63, 3.8) is 0 Å². The van der Waals surface area contributed by atoms with Gasteiger partial charge in [0.1, 0.15) is 0 Å². The third-order valence-corrected chi connectivity index (χ3v) is 5.79. The Labute approximate surface area is 120 Å². The van der Waals surface area contributed by atoms with Gasteiger partial charge in [-0.2, -0.15) is 0 Å². The molecule has 2 rings (SSSR count). The predicted molar refractivity (Wildman–Crippen MR) is 84.3 cm³/mol. The van der Waals surface area contributed by atoms with Gasteiger partial charge in [-0.3, -0.25) is 0 Å². The molecule has 1 N–H and O–H groups in total. The minimum Gasteiger partial charge on any atom is -0.314 e. The Kier molecular flexibility index (Phi) is 6.19. The zero-order chi connectivity index (χ0) is 13.7. The van der Waals surface area contributed by atoms with Gasteiger partial charge >= 0.3 is 0 Å². The molecule has 0 saturated heterocycles. The molecule has 19 heavy (non-hydrogen) atoms. The maximum Gasteiger partial charge on any atom is 0.00672 e. The standard InChI is InChI=1S/C18H35N/c1-14(2)17-5-4-6-18(12-11-17)19-13-16-9-7-15(3)8-10-16/h14-19H,4-13H2,1-3H3. The summed E-state index contributed by atoms with van der Waals surface area (Å²) in [6, 6.07) is 0.822. The van der Waals surface area contributed by atoms with Crippen LogP contribution in [0.5, 0.6) is 0 Å². The van der Waals surface area contributed by atoms with E-state index < -0.39 is 0 Å². The molecule has 112 valence electrons. The summed E-state index contributed by atoms with van der Waals surface area (Å²) >= 11 is 0. The highest BCUT2D eigenvalue weighted by molar-refractivity contribution is 4.79. The van der Waals surface area contributed by atoms with Crippen LogP contribution < -0.4 is 5.32 Å². The lowest BCUT2D eigenvalue weighted by molar-refractivity contribution is 0.269. The first-order valence-corrected chi connectivity index (χ1v) is 8.88. The fourth-order valence-corrected chi connectivity index (χ4v) is 4.07. The molecule has 0 aromatic rings. The van der Waals surface area contributed by atoms with Crippen molar-refractivity contribution in [2.24, 2.45) is 23.7 Å². The maximum atomic E-state index is 3.91. The number of hydrogen-bond acceptors (Lipinski definition) is 1. The highest BCUT2D eigenvalue weighted by atomic mass is 14.9. The topological polar surface area (TPSA) is 12.0 Å². The van der Waals surface area contributed by atoms with E-state index >= 15 is 0 Å². The zero-order valence-corrected chi connectivity index (χ0v) is 13.5. The molecule has 0 aromatic heterocycles. The molecule has 0 spiro atoms. The molecule has 0 aliphatic heterocycles. The largest absolute Gasteiger partial charge is 0.314 e. The minimum absolute atomic E-state index is 0.822. The maximum absolute atomic E-state index is 3.91. The quantitative estimate of drug-likeness (QED) is 0.705. The molecule has 1 heteroatoms. The van der Waals surface area contributed by atoms with Gasteiger partial charge < -0.3 is 5.32 Å². The molecule has 2 fully saturated rings. The number of rotatable bonds is 4. The van der Waals surface area contributed by atoms with Crippen LogP contribution in [0, 0.1) is 23.7 Å². The van der Waals surface area contributed by atoms with E-state index in [-0.39, 0.29) is 0 Å². The van der Waals surface area contributed by atoms with Crippen molar-refractivity contribution in [2.75, 3.05) is 6.54 Å². The summed E-state index contributed by atoms with van der Waals surface area (Å²) in [4.78, 5) is 0. The summed E-state index contributed by atoms with van der Waals surface area (Å²) in [7, 11) is 0. The first-order chi connectivity index (χ1) is 9.15. The Morgan fingerprint density at radius 3 is 2.32 bits per heavy atom. The SMILES string of the molecule is CC1CCC(CNC2CCCC(C(C)C)CC2)CC1. The molecule has 0 bridgehead atoms. The predicted octanol–water partition coefficient (Wildman–Crippen LogP) is 5.01. The van der Waals surface area contributed by atoms with Crippen molar-refractivity contribution < 1.29 is 0 Å². The Morgan fingerprint density at radius 2 is 1.63 bits per heavy atom. The average molecular weight is 265 g/mol. The van der Waals surface area contributed by atoms with Crippen molar-refractivity contribution in [3.8, 4) is 0 Å². The zero-order valence-electron chi connectivity index (χ0n) is 13.5. The van der Waals surface area contributed by atoms with Crippen LogP contribution in [0.4, 0.5) is 0 Å². The summed E-state index contributed by atoms with van der Waals surface area (Å²) in [6.45, 7) is 8.52. The van der Waals surface area contributed by atoms with E-state index in [2.05, 4.69) is 26.1 Å². The van der Waals surface area contributed by atoms with E-state index in [1.165, 1.54) is 64.3 Å². The van der Waals surface area contributed by atoms with Gasteiger partial charge in [-0.15, -0.1) is 0 Å². The lowest BCUT2D eigenvalue weighted by Gasteiger charge is -2.28. The smallest absolute Gasteiger partial charge is 0.00672 e. The lowest BCUT2D eigenvalue weighted by atomic mass is 9.83. The van der Waals surface area contributed by atoms with E-state index in [1.807, 2.05) is 0 Å². The molecule has 2 saturated carbocycles. The molecule has 2 unspecified atom stereocenters. The highest BCUT2D eigenvalue weighted by Gasteiger charge is 2.22. The van der Waals surface area contributed by atoms with Crippen LogP contribution in [-0.2, 0) is 0 Å². The monoisotopic (exact) mass is 265 g/mol. The molecular weight excluding hydrogens is 230 g/mol. The van der Waals surface area contributed by atoms with Gasteiger partial charge in [0.2, 0.25) is 0 Å². The summed E-state index contributed by atoms with van der Waals surface area (Å²) in [5, 5.41) is 3.91. The first-order valence-electron chi connectivity index (χ1n) is 8.88.